The van der Waals surface area contributed by atoms with E-state index in [1.165, 1.54) is 22.5 Å². The summed E-state index contributed by atoms with van der Waals surface area (Å²) in [5.41, 5.74) is 6.09. The fourth-order valence-corrected chi connectivity index (χ4v) is 4.14. The van der Waals surface area contributed by atoms with Crippen molar-refractivity contribution in [2.45, 2.75) is 23.8 Å². The highest BCUT2D eigenvalue weighted by Gasteiger charge is 2.32. The van der Waals surface area contributed by atoms with Crippen LogP contribution in [-0.2, 0) is 10.0 Å². The van der Waals surface area contributed by atoms with Gasteiger partial charge >= 0.3 is 0 Å². The molecule has 1 fully saturated rings. The van der Waals surface area contributed by atoms with Gasteiger partial charge in [-0.3, -0.25) is 0 Å². The summed E-state index contributed by atoms with van der Waals surface area (Å²) in [5.74, 6) is 0. The first-order valence-electron chi connectivity index (χ1n) is 6.82. The summed E-state index contributed by atoms with van der Waals surface area (Å²) in [6.07, 6.45) is 1.80. The molecule has 7 heteroatoms. The van der Waals surface area contributed by atoms with Gasteiger partial charge in [0.2, 0.25) is 10.0 Å². The van der Waals surface area contributed by atoms with E-state index < -0.39 is 10.0 Å². The van der Waals surface area contributed by atoms with Crippen molar-refractivity contribution in [1.29, 1.82) is 5.26 Å². The van der Waals surface area contributed by atoms with Crippen molar-refractivity contribution in [1.82, 2.24) is 9.21 Å². The lowest BCUT2D eigenvalue weighted by molar-refractivity contribution is 0.187. The molecule has 21 heavy (non-hydrogen) atoms. The monoisotopic (exact) mass is 308 g/mol. The number of rotatable bonds is 3. The predicted octanol–water partition coefficient (Wildman–Crippen LogP) is 0.855. The fourth-order valence-electron chi connectivity index (χ4n) is 2.65. The van der Waals surface area contributed by atoms with E-state index in [1.807, 2.05) is 13.1 Å². The van der Waals surface area contributed by atoms with Gasteiger partial charge in [0.15, 0.2) is 0 Å². The van der Waals surface area contributed by atoms with Gasteiger partial charge in [-0.1, -0.05) is 0 Å². The topological polar surface area (TPSA) is 90.4 Å². The molecule has 1 aliphatic heterocycles. The summed E-state index contributed by atoms with van der Waals surface area (Å²) in [5, 5.41) is 9.14. The van der Waals surface area contributed by atoms with Gasteiger partial charge in [0.1, 0.15) is 11.0 Å². The molecule has 0 radical (unpaired) electrons. The third kappa shape index (κ3) is 3.18. The van der Waals surface area contributed by atoms with E-state index in [4.69, 9.17) is 11.0 Å². The number of likely N-dealkylation sites (tertiary alicyclic amines) is 1. The molecule has 2 N–H and O–H groups in total. The number of nitrogen functional groups attached to an aromatic ring is 1. The first-order valence-corrected chi connectivity index (χ1v) is 8.26. The minimum absolute atomic E-state index is 0.0231. The highest BCUT2D eigenvalue weighted by atomic mass is 32.2. The Hall–Kier alpha value is -1.62. The molecular weight excluding hydrogens is 288 g/mol. The molecule has 0 bridgehead atoms. The molecule has 6 nitrogen and oxygen atoms in total. The van der Waals surface area contributed by atoms with Crippen molar-refractivity contribution in [2.24, 2.45) is 0 Å². The number of anilines is 1. The molecular formula is C14H20N4O2S. The minimum Gasteiger partial charge on any atom is -0.399 e. The van der Waals surface area contributed by atoms with Gasteiger partial charge in [-0.05, 0) is 44.6 Å². The zero-order valence-electron chi connectivity index (χ0n) is 12.3. The number of benzene rings is 1. The van der Waals surface area contributed by atoms with Gasteiger partial charge in [0, 0.05) is 25.3 Å². The van der Waals surface area contributed by atoms with Crippen molar-refractivity contribution >= 4 is 15.7 Å². The number of sulfonamides is 1. The first kappa shape index (κ1) is 15.8. The van der Waals surface area contributed by atoms with Crippen LogP contribution in [-0.4, -0.2) is 50.8 Å². The molecule has 0 saturated carbocycles. The molecule has 0 aromatic heterocycles. The van der Waals surface area contributed by atoms with Crippen molar-refractivity contribution < 1.29 is 8.42 Å². The molecule has 114 valence electrons. The maximum atomic E-state index is 12.7. The van der Waals surface area contributed by atoms with Crippen LogP contribution < -0.4 is 5.73 Å². The summed E-state index contributed by atoms with van der Waals surface area (Å²) in [6.45, 7) is 1.68. The summed E-state index contributed by atoms with van der Waals surface area (Å²) in [4.78, 5) is 2.14. The Bertz CT molecular complexity index is 666. The molecule has 0 amide bonds. The van der Waals surface area contributed by atoms with E-state index in [0.717, 1.165) is 19.4 Å². The van der Waals surface area contributed by atoms with Crippen LogP contribution in [0.15, 0.2) is 23.1 Å². The van der Waals surface area contributed by atoms with Crippen molar-refractivity contribution in [2.75, 3.05) is 32.9 Å². The molecule has 1 aliphatic rings. The van der Waals surface area contributed by atoms with Crippen molar-refractivity contribution in [3.8, 4) is 6.07 Å². The largest absolute Gasteiger partial charge is 0.399 e. The SMILES string of the molecule is CN1CCCC(N(C)S(=O)(=O)c2ccc(N)cc2C#N)C1. The summed E-state index contributed by atoms with van der Waals surface area (Å²) in [6, 6.07) is 6.16. The first-order chi connectivity index (χ1) is 9.86. The fraction of sp³-hybridized carbons (Fsp3) is 0.500. The van der Waals surface area contributed by atoms with Crippen LogP contribution in [0.5, 0.6) is 0 Å². The third-order valence-electron chi connectivity index (χ3n) is 3.89. The quantitative estimate of drug-likeness (QED) is 0.836. The summed E-state index contributed by atoms with van der Waals surface area (Å²) in [7, 11) is -0.130. The maximum Gasteiger partial charge on any atom is 0.244 e. The molecule has 0 spiro atoms. The number of likely N-dealkylation sites (N-methyl/N-ethyl adjacent to an activating group) is 2. The second kappa shape index (κ2) is 6.02. The standard InChI is InChI=1S/C14H20N4O2S/c1-17-7-3-4-13(10-17)18(2)21(19,20)14-6-5-12(16)8-11(14)9-15/h5-6,8,13H,3-4,7,10,16H2,1-2H3. The Kier molecular flexibility index (Phi) is 4.52. The van der Waals surface area contributed by atoms with Crippen LogP contribution in [0.1, 0.15) is 18.4 Å². The van der Waals surface area contributed by atoms with E-state index in [9.17, 15) is 8.42 Å². The molecule has 0 aliphatic carbocycles. The molecule has 1 saturated heterocycles. The molecule has 1 unspecified atom stereocenters. The predicted molar refractivity (Wildman–Crippen MR) is 81.0 cm³/mol. The van der Waals surface area contributed by atoms with Gasteiger partial charge in [-0.25, -0.2) is 8.42 Å². The second-order valence-corrected chi connectivity index (χ2v) is 7.41. The Balaban J connectivity index is 2.36. The van der Waals surface area contributed by atoms with E-state index in [1.54, 1.807) is 7.05 Å². The van der Waals surface area contributed by atoms with Gasteiger partial charge in [0.05, 0.1) is 5.56 Å². The minimum atomic E-state index is -3.69. The molecule has 1 atom stereocenters. The van der Waals surface area contributed by atoms with Crippen molar-refractivity contribution in [3.63, 3.8) is 0 Å². The van der Waals surface area contributed by atoms with Crippen molar-refractivity contribution in [3.05, 3.63) is 23.8 Å². The van der Waals surface area contributed by atoms with E-state index >= 15 is 0 Å². The number of nitrogens with two attached hydrogens (primary N) is 1. The van der Waals surface area contributed by atoms with Gasteiger partial charge < -0.3 is 10.6 Å². The number of nitriles is 1. The molecule has 1 heterocycles. The number of nitrogens with zero attached hydrogens (tertiary/aromatic N) is 3. The van der Waals surface area contributed by atoms with Gasteiger partial charge in [0.25, 0.3) is 0 Å². The molecule has 1 aromatic carbocycles. The van der Waals surface area contributed by atoms with Gasteiger partial charge in [-0.15, -0.1) is 0 Å². The van der Waals surface area contributed by atoms with Crippen LogP contribution >= 0.6 is 0 Å². The van der Waals surface area contributed by atoms with Crippen LogP contribution in [0.25, 0.3) is 0 Å². The highest BCUT2D eigenvalue weighted by Crippen LogP contribution is 2.25. The Morgan fingerprint density at radius 2 is 2.19 bits per heavy atom. The van der Waals surface area contributed by atoms with Crippen LogP contribution in [0.2, 0.25) is 0 Å². The lowest BCUT2D eigenvalue weighted by Gasteiger charge is -2.35. The lowest BCUT2D eigenvalue weighted by Crippen LogP contribution is -2.47. The summed E-state index contributed by atoms with van der Waals surface area (Å²) < 4.78 is 26.9. The maximum absolute atomic E-state index is 12.7. The van der Waals surface area contributed by atoms with Crippen LogP contribution in [0, 0.1) is 11.3 Å². The zero-order valence-corrected chi connectivity index (χ0v) is 13.1. The Morgan fingerprint density at radius 3 is 2.81 bits per heavy atom. The van der Waals surface area contributed by atoms with Crippen LogP contribution in [0.4, 0.5) is 5.69 Å². The highest BCUT2D eigenvalue weighted by molar-refractivity contribution is 7.89. The van der Waals surface area contributed by atoms with Gasteiger partial charge in [-0.2, -0.15) is 9.57 Å². The average Bonchev–Trinajstić information content (AvgIpc) is 2.45. The normalized spacial score (nSPS) is 20.4. The van der Waals surface area contributed by atoms with E-state index in [-0.39, 0.29) is 16.5 Å². The zero-order chi connectivity index (χ0) is 15.6. The Morgan fingerprint density at radius 1 is 1.48 bits per heavy atom. The number of piperidine rings is 1. The van der Waals surface area contributed by atoms with E-state index in [2.05, 4.69) is 4.90 Å². The smallest absolute Gasteiger partial charge is 0.244 e. The molecule has 2 rings (SSSR count). The average molecular weight is 308 g/mol. The third-order valence-corrected chi connectivity index (χ3v) is 5.86. The Labute approximate surface area is 125 Å². The lowest BCUT2D eigenvalue weighted by atomic mass is 10.1. The summed E-state index contributed by atoms with van der Waals surface area (Å²) >= 11 is 0. The molecule has 1 aromatic rings. The van der Waals surface area contributed by atoms with Crippen LogP contribution in [0.3, 0.4) is 0 Å². The number of hydrogen-bond donors (Lipinski definition) is 1. The van der Waals surface area contributed by atoms with E-state index in [0.29, 0.717) is 12.2 Å². The number of hydrogen-bond acceptors (Lipinski definition) is 5. The second-order valence-electron chi connectivity index (χ2n) is 5.45.